The monoisotopic (exact) mass is 346 g/mol. The Kier molecular flexibility index (Phi) is 5.05. The van der Waals surface area contributed by atoms with Crippen molar-refractivity contribution in [1.29, 1.82) is 0 Å². The summed E-state index contributed by atoms with van der Waals surface area (Å²) in [5.41, 5.74) is 4.93. The lowest BCUT2D eigenvalue weighted by atomic mass is 10.1. The Labute approximate surface area is 131 Å². The van der Waals surface area contributed by atoms with Crippen molar-refractivity contribution in [2.45, 2.75) is 6.92 Å². The highest BCUT2D eigenvalue weighted by atomic mass is 79.9. The Morgan fingerprint density at radius 3 is 2.71 bits per heavy atom. The van der Waals surface area contributed by atoms with Crippen LogP contribution < -0.4 is 5.43 Å². The fraction of sp³-hybridized carbons (Fsp3) is 0.133. The summed E-state index contributed by atoms with van der Waals surface area (Å²) in [6.07, 6.45) is 5.16. The first-order valence-corrected chi connectivity index (χ1v) is 7.11. The zero-order valence-corrected chi connectivity index (χ0v) is 13.3. The molecule has 0 aliphatic rings. The van der Waals surface area contributed by atoms with E-state index < -0.39 is 0 Å². The van der Waals surface area contributed by atoms with E-state index >= 15 is 0 Å². The maximum absolute atomic E-state index is 12.0. The van der Waals surface area contributed by atoms with Crippen LogP contribution >= 0.6 is 15.9 Å². The molecule has 5 nitrogen and oxygen atoms in total. The number of hydrogen-bond acceptors (Lipinski definition) is 3. The standard InChI is InChI=1S/C15H15BrN4O/c1-11(8-12-6-4-3-5-7-12)9-17-19-15(21)14-13(16)10-18-20(14)2/h3-10H,1-2H3,(H,19,21)/b11-8-,17-9?. The van der Waals surface area contributed by atoms with Gasteiger partial charge < -0.3 is 0 Å². The van der Waals surface area contributed by atoms with Crippen LogP contribution in [0.2, 0.25) is 0 Å². The number of carbonyl (C=O) groups excluding carboxylic acids is 1. The number of rotatable bonds is 4. The number of aromatic nitrogens is 2. The topological polar surface area (TPSA) is 59.3 Å². The molecule has 1 aromatic heterocycles. The lowest BCUT2D eigenvalue weighted by Crippen LogP contribution is -2.21. The molecule has 1 heterocycles. The predicted molar refractivity (Wildman–Crippen MR) is 87.0 cm³/mol. The molecular weight excluding hydrogens is 332 g/mol. The molecule has 0 unspecified atom stereocenters. The van der Waals surface area contributed by atoms with Gasteiger partial charge >= 0.3 is 0 Å². The minimum atomic E-state index is -0.314. The van der Waals surface area contributed by atoms with Crippen molar-refractivity contribution in [3.05, 3.63) is 57.8 Å². The van der Waals surface area contributed by atoms with Crippen molar-refractivity contribution in [3.8, 4) is 0 Å². The molecule has 0 atom stereocenters. The van der Waals surface area contributed by atoms with Crippen LogP contribution in [0.15, 0.2) is 51.7 Å². The molecule has 0 fully saturated rings. The van der Waals surface area contributed by atoms with Gasteiger partial charge in [-0.25, -0.2) is 5.43 Å². The second-order valence-corrected chi connectivity index (χ2v) is 5.32. The van der Waals surface area contributed by atoms with Crippen LogP contribution in [0.3, 0.4) is 0 Å². The molecule has 0 saturated carbocycles. The highest BCUT2D eigenvalue weighted by Crippen LogP contribution is 2.14. The van der Waals surface area contributed by atoms with E-state index in [1.807, 2.05) is 43.3 Å². The highest BCUT2D eigenvalue weighted by molar-refractivity contribution is 9.10. The van der Waals surface area contributed by atoms with Gasteiger partial charge in [0.2, 0.25) is 0 Å². The van der Waals surface area contributed by atoms with E-state index in [0.717, 1.165) is 11.1 Å². The van der Waals surface area contributed by atoms with Crippen molar-refractivity contribution in [2.75, 3.05) is 0 Å². The fourth-order valence-electron chi connectivity index (χ4n) is 1.76. The molecule has 108 valence electrons. The molecule has 0 saturated heterocycles. The average molecular weight is 347 g/mol. The number of hydrogen-bond donors (Lipinski definition) is 1. The van der Waals surface area contributed by atoms with Gasteiger partial charge in [0.1, 0.15) is 5.69 Å². The van der Waals surface area contributed by atoms with Gasteiger partial charge in [-0.05, 0) is 34.0 Å². The molecule has 2 rings (SSSR count). The maximum atomic E-state index is 12.0. The number of nitrogens with one attached hydrogen (secondary N) is 1. The number of allylic oxidation sites excluding steroid dienone is 1. The van der Waals surface area contributed by atoms with Gasteiger partial charge in [0.15, 0.2) is 0 Å². The maximum Gasteiger partial charge on any atom is 0.290 e. The van der Waals surface area contributed by atoms with E-state index in [4.69, 9.17) is 0 Å². The predicted octanol–water partition coefficient (Wildman–Crippen LogP) is 3.00. The van der Waals surface area contributed by atoms with Crippen molar-refractivity contribution in [1.82, 2.24) is 15.2 Å². The van der Waals surface area contributed by atoms with Crippen LogP contribution in [-0.4, -0.2) is 21.9 Å². The summed E-state index contributed by atoms with van der Waals surface area (Å²) >= 11 is 3.28. The van der Waals surface area contributed by atoms with Crippen LogP contribution in [-0.2, 0) is 7.05 Å². The molecule has 0 bridgehead atoms. The largest absolute Gasteiger partial charge is 0.290 e. The van der Waals surface area contributed by atoms with Gasteiger partial charge in [0.25, 0.3) is 5.91 Å². The minimum Gasteiger partial charge on any atom is -0.266 e. The summed E-state index contributed by atoms with van der Waals surface area (Å²) in [5.74, 6) is -0.314. The SMILES string of the molecule is C/C(C=NNC(=O)c1c(Br)cnn1C)=C/c1ccccc1. The smallest absolute Gasteiger partial charge is 0.266 e. The molecule has 21 heavy (non-hydrogen) atoms. The van der Waals surface area contributed by atoms with Gasteiger partial charge in [-0.1, -0.05) is 36.4 Å². The summed E-state index contributed by atoms with van der Waals surface area (Å²) in [5, 5.41) is 7.93. The molecule has 0 aliphatic carbocycles. The number of aryl methyl sites for hydroxylation is 1. The van der Waals surface area contributed by atoms with Gasteiger partial charge in [-0.15, -0.1) is 0 Å². The zero-order chi connectivity index (χ0) is 15.2. The lowest BCUT2D eigenvalue weighted by Gasteiger charge is -2.01. The van der Waals surface area contributed by atoms with Crippen LogP contribution in [0.4, 0.5) is 0 Å². The molecule has 1 amide bonds. The Morgan fingerprint density at radius 1 is 1.38 bits per heavy atom. The second kappa shape index (κ2) is 6.99. The Hall–Kier alpha value is -2.21. The number of benzene rings is 1. The molecule has 0 spiro atoms. The van der Waals surface area contributed by atoms with Crippen LogP contribution in [0.25, 0.3) is 6.08 Å². The Balaban J connectivity index is 1.99. The van der Waals surface area contributed by atoms with Gasteiger partial charge in [0, 0.05) is 7.05 Å². The average Bonchev–Trinajstić information content (AvgIpc) is 2.79. The van der Waals surface area contributed by atoms with Gasteiger partial charge in [-0.3, -0.25) is 9.48 Å². The van der Waals surface area contributed by atoms with E-state index in [1.165, 1.54) is 4.68 Å². The number of hydrazone groups is 1. The first-order valence-electron chi connectivity index (χ1n) is 6.32. The van der Waals surface area contributed by atoms with Crippen molar-refractivity contribution >= 4 is 34.1 Å². The third-order valence-corrected chi connectivity index (χ3v) is 3.32. The second-order valence-electron chi connectivity index (χ2n) is 4.46. The summed E-state index contributed by atoms with van der Waals surface area (Å²) in [6.45, 7) is 1.92. The van der Waals surface area contributed by atoms with E-state index in [-0.39, 0.29) is 5.91 Å². The summed E-state index contributed by atoms with van der Waals surface area (Å²) in [7, 11) is 1.70. The first-order chi connectivity index (χ1) is 10.1. The quantitative estimate of drug-likeness (QED) is 0.683. The van der Waals surface area contributed by atoms with Gasteiger partial charge in [0.05, 0.1) is 16.9 Å². The molecule has 1 N–H and O–H groups in total. The van der Waals surface area contributed by atoms with E-state index in [2.05, 4.69) is 31.6 Å². The van der Waals surface area contributed by atoms with E-state index in [0.29, 0.717) is 10.2 Å². The van der Waals surface area contributed by atoms with Crippen molar-refractivity contribution < 1.29 is 4.79 Å². The van der Waals surface area contributed by atoms with Crippen LogP contribution in [0, 0.1) is 0 Å². The van der Waals surface area contributed by atoms with Crippen LogP contribution in [0.5, 0.6) is 0 Å². The van der Waals surface area contributed by atoms with Crippen molar-refractivity contribution in [3.63, 3.8) is 0 Å². The summed E-state index contributed by atoms with van der Waals surface area (Å²) < 4.78 is 2.12. The third-order valence-electron chi connectivity index (χ3n) is 2.74. The summed E-state index contributed by atoms with van der Waals surface area (Å²) in [6, 6.07) is 9.91. The number of halogens is 1. The number of carbonyl (C=O) groups is 1. The van der Waals surface area contributed by atoms with Crippen molar-refractivity contribution in [2.24, 2.45) is 12.1 Å². The molecule has 0 aliphatic heterocycles. The Morgan fingerprint density at radius 2 is 2.10 bits per heavy atom. The molecule has 1 aromatic carbocycles. The number of nitrogens with zero attached hydrogens (tertiary/aromatic N) is 3. The highest BCUT2D eigenvalue weighted by Gasteiger charge is 2.14. The normalized spacial score (nSPS) is 11.9. The lowest BCUT2D eigenvalue weighted by molar-refractivity contribution is 0.0945. The zero-order valence-electron chi connectivity index (χ0n) is 11.7. The van der Waals surface area contributed by atoms with Gasteiger partial charge in [-0.2, -0.15) is 10.2 Å². The molecular formula is C15H15BrN4O. The molecule has 0 radical (unpaired) electrons. The molecule has 6 heteroatoms. The first kappa shape index (κ1) is 15.2. The van der Waals surface area contributed by atoms with E-state index in [9.17, 15) is 4.79 Å². The summed E-state index contributed by atoms with van der Waals surface area (Å²) in [4.78, 5) is 12.0. The Bertz CT molecular complexity index is 669. The fourth-order valence-corrected chi connectivity index (χ4v) is 2.29. The van der Waals surface area contributed by atoms with E-state index in [1.54, 1.807) is 19.5 Å². The third kappa shape index (κ3) is 4.13. The minimum absolute atomic E-state index is 0.314. The molecule has 2 aromatic rings. The van der Waals surface area contributed by atoms with Crippen LogP contribution in [0.1, 0.15) is 23.0 Å². The number of amides is 1.